The fraction of sp³-hybridized carbons (Fsp3) is 0.385. The van der Waals surface area contributed by atoms with Crippen molar-refractivity contribution in [1.82, 2.24) is 4.72 Å². The molecule has 1 unspecified atom stereocenters. The largest absolute Gasteiger partial charge is 0.478 e. The van der Waals surface area contributed by atoms with Gasteiger partial charge in [0.1, 0.15) is 0 Å². The number of carboxylic acids is 1. The molecular formula is C13H16N2O4S. The minimum Gasteiger partial charge on any atom is -0.478 e. The zero-order valence-electron chi connectivity index (χ0n) is 11.3. The van der Waals surface area contributed by atoms with Gasteiger partial charge in [-0.1, -0.05) is 13.0 Å². The van der Waals surface area contributed by atoms with Crippen LogP contribution in [0.1, 0.15) is 29.8 Å². The summed E-state index contributed by atoms with van der Waals surface area (Å²) in [4.78, 5) is 11.0. The van der Waals surface area contributed by atoms with Crippen LogP contribution in [0.5, 0.6) is 0 Å². The minimum atomic E-state index is -3.81. The van der Waals surface area contributed by atoms with Crippen molar-refractivity contribution < 1.29 is 18.3 Å². The summed E-state index contributed by atoms with van der Waals surface area (Å²) in [7, 11) is -3.81. The van der Waals surface area contributed by atoms with Crippen molar-refractivity contribution in [3.8, 4) is 6.07 Å². The number of nitriles is 1. The van der Waals surface area contributed by atoms with Crippen LogP contribution in [0.3, 0.4) is 0 Å². The fourth-order valence-corrected chi connectivity index (χ4v) is 2.75. The van der Waals surface area contributed by atoms with E-state index in [9.17, 15) is 13.2 Å². The summed E-state index contributed by atoms with van der Waals surface area (Å²) in [6.07, 6.45) is 0.501. The van der Waals surface area contributed by atoms with Crippen molar-refractivity contribution in [3.05, 3.63) is 29.3 Å². The molecule has 1 aromatic carbocycles. The molecule has 20 heavy (non-hydrogen) atoms. The molecule has 0 spiro atoms. The molecule has 0 amide bonds. The van der Waals surface area contributed by atoms with Gasteiger partial charge in [-0.05, 0) is 31.0 Å². The van der Waals surface area contributed by atoms with Crippen molar-refractivity contribution in [2.45, 2.75) is 25.2 Å². The number of nitrogens with one attached hydrogen (secondary N) is 1. The van der Waals surface area contributed by atoms with Gasteiger partial charge in [0, 0.05) is 6.54 Å². The van der Waals surface area contributed by atoms with Crippen LogP contribution in [0.2, 0.25) is 0 Å². The number of hydrogen-bond donors (Lipinski definition) is 2. The van der Waals surface area contributed by atoms with Gasteiger partial charge >= 0.3 is 5.97 Å². The number of carbonyl (C=O) groups is 1. The highest BCUT2D eigenvalue weighted by Crippen LogP contribution is 2.17. The Bertz CT molecular complexity index is 647. The SMILES string of the molecule is CCc1ccc(S(=O)(=O)NCC(C)C#N)cc1C(=O)O. The highest BCUT2D eigenvalue weighted by molar-refractivity contribution is 7.89. The van der Waals surface area contributed by atoms with Crippen LogP contribution in [-0.2, 0) is 16.4 Å². The third kappa shape index (κ3) is 3.79. The monoisotopic (exact) mass is 296 g/mol. The quantitative estimate of drug-likeness (QED) is 0.824. The number of aromatic carboxylic acids is 1. The summed E-state index contributed by atoms with van der Waals surface area (Å²) in [5.41, 5.74) is 0.547. The Morgan fingerprint density at radius 2 is 2.15 bits per heavy atom. The number of hydrogen-bond acceptors (Lipinski definition) is 4. The highest BCUT2D eigenvalue weighted by atomic mass is 32.2. The smallest absolute Gasteiger partial charge is 0.336 e. The maximum absolute atomic E-state index is 12.0. The van der Waals surface area contributed by atoms with E-state index in [2.05, 4.69) is 4.72 Å². The van der Waals surface area contributed by atoms with Gasteiger partial charge in [0.2, 0.25) is 10.0 Å². The second-order valence-corrected chi connectivity index (χ2v) is 6.13. The van der Waals surface area contributed by atoms with E-state index in [1.807, 2.05) is 6.07 Å². The molecule has 7 heteroatoms. The van der Waals surface area contributed by atoms with Crippen molar-refractivity contribution in [1.29, 1.82) is 5.26 Å². The van der Waals surface area contributed by atoms with Crippen LogP contribution < -0.4 is 4.72 Å². The molecule has 0 radical (unpaired) electrons. The van der Waals surface area contributed by atoms with E-state index >= 15 is 0 Å². The third-order valence-corrected chi connectivity index (χ3v) is 4.22. The Kier molecular flexibility index (Phi) is 5.25. The van der Waals surface area contributed by atoms with Gasteiger partial charge < -0.3 is 5.11 Å². The molecule has 0 saturated carbocycles. The molecule has 0 aliphatic rings. The number of benzene rings is 1. The topological polar surface area (TPSA) is 107 Å². The van der Waals surface area contributed by atoms with Crippen LogP contribution >= 0.6 is 0 Å². The summed E-state index contributed by atoms with van der Waals surface area (Å²) in [6, 6.07) is 5.91. The lowest BCUT2D eigenvalue weighted by Gasteiger charge is -2.10. The average Bonchev–Trinajstić information content (AvgIpc) is 2.43. The van der Waals surface area contributed by atoms with Gasteiger partial charge in [0.25, 0.3) is 0 Å². The van der Waals surface area contributed by atoms with E-state index in [0.29, 0.717) is 12.0 Å². The maximum Gasteiger partial charge on any atom is 0.336 e. The van der Waals surface area contributed by atoms with Crippen LogP contribution in [0.25, 0.3) is 0 Å². The lowest BCUT2D eigenvalue weighted by molar-refractivity contribution is 0.0695. The maximum atomic E-state index is 12.0. The van der Waals surface area contributed by atoms with Crippen molar-refractivity contribution in [2.24, 2.45) is 5.92 Å². The first-order valence-corrected chi connectivity index (χ1v) is 7.55. The molecule has 1 rings (SSSR count). The molecule has 0 heterocycles. The predicted molar refractivity (Wildman–Crippen MR) is 72.7 cm³/mol. The number of sulfonamides is 1. The van der Waals surface area contributed by atoms with Crippen LogP contribution in [-0.4, -0.2) is 26.0 Å². The summed E-state index contributed by atoms with van der Waals surface area (Å²) in [5, 5.41) is 17.7. The Labute approximate surface area is 118 Å². The molecule has 1 aromatic rings. The fourth-order valence-electron chi connectivity index (χ4n) is 1.59. The Hall–Kier alpha value is -1.91. The molecular weight excluding hydrogens is 280 g/mol. The number of nitrogens with zero attached hydrogens (tertiary/aromatic N) is 1. The normalized spacial score (nSPS) is 12.7. The zero-order chi connectivity index (χ0) is 15.3. The number of rotatable bonds is 6. The van der Waals surface area contributed by atoms with E-state index < -0.39 is 21.9 Å². The summed E-state index contributed by atoms with van der Waals surface area (Å²) in [6.45, 7) is 3.37. The van der Waals surface area contributed by atoms with Gasteiger partial charge in [-0.15, -0.1) is 0 Å². The molecule has 0 fully saturated rings. The van der Waals surface area contributed by atoms with Crippen LogP contribution in [0, 0.1) is 17.2 Å². The van der Waals surface area contributed by atoms with Gasteiger partial charge in [-0.25, -0.2) is 17.9 Å². The molecule has 0 bridgehead atoms. The van der Waals surface area contributed by atoms with E-state index in [4.69, 9.17) is 10.4 Å². The summed E-state index contributed by atoms with van der Waals surface area (Å²) in [5.74, 6) is -1.62. The molecule has 1 atom stereocenters. The molecule has 0 aromatic heterocycles. The van der Waals surface area contributed by atoms with Crippen molar-refractivity contribution >= 4 is 16.0 Å². The molecule has 0 saturated heterocycles. The van der Waals surface area contributed by atoms with Gasteiger partial charge in [0.15, 0.2) is 0 Å². The third-order valence-electron chi connectivity index (χ3n) is 2.80. The van der Waals surface area contributed by atoms with Crippen molar-refractivity contribution in [3.63, 3.8) is 0 Å². The number of carboxylic acid groups (broad SMARTS) is 1. The van der Waals surface area contributed by atoms with E-state index in [-0.39, 0.29) is 17.0 Å². The molecule has 0 aliphatic heterocycles. The first-order valence-electron chi connectivity index (χ1n) is 6.07. The van der Waals surface area contributed by atoms with E-state index in [0.717, 1.165) is 6.07 Å². The summed E-state index contributed by atoms with van der Waals surface area (Å²) < 4.78 is 26.3. The molecule has 6 nitrogen and oxygen atoms in total. The lowest BCUT2D eigenvalue weighted by atomic mass is 10.1. The second-order valence-electron chi connectivity index (χ2n) is 4.36. The summed E-state index contributed by atoms with van der Waals surface area (Å²) >= 11 is 0. The van der Waals surface area contributed by atoms with Gasteiger partial charge in [-0.2, -0.15) is 5.26 Å². The molecule has 108 valence electrons. The molecule has 0 aliphatic carbocycles. The van der Waals surface area contributed by atoms with E-state index in [1.165, 1.54) is 12.1 Å². The first-order chi connectivity index (χ1) is 9.31. The standard InChI is InChI=1S/C13H16N2O4S/c1-3-10-4-5-11(6-12(10)13(16)17)20(18,19)15-8-9(2)7-14/h4-6,9,15H,3,8H2,1-2H3,(H,16,17). The molecule has 2 N–H and O–H groups in total. The van der Waals surface area contributed by atoms with Crippen molar-refractivity contribution in [2.75, 3.05) is 6.54 Å². The second kappa shape index (κ2) is 6.50. The number of aryl methyl sites for hydroxylation is 1. The Balaban J connectivity index is 3.11. The minimum absolute atomic E-state index is 0.0171. The van der Waals surface area contributed by atoms with E-state index in [1.54, 1.807) is 13.8 Å². The van der Waals surface area contributed by atoms with Gasteiger partial charge in [-0.3, -0.25) is 0 Å². The van der Waals surface area contributed by atoms with Gasteiger partial charge in [0.05, 0.1) is 22.4 Å². The first kappa shape index (κ1) is 16.1. The zero-order valence-corrected chi connectivity index (χ0v) is 12.1. The average molecular weight is 296 g/mol. The van der Waals surface area contributed by atoms with Crippen LogP contribution in [0.15, 0.2) is 23.1 Å². The van der Waals surface area contributed by atoms with Crippen LogP contribution in [0.4, 0.5) is 0 Å². The Morgan fingerprint density at radius 3 is 2.65 bits per heavy atom. The lowest BCUT2D eigenvalue weighted by Crippen LogP contribution is -2.28. The Morgan fingerprint density at radius 1 is 1.50 bits per heavy atom. The highest BCUT2D eigenvalue weighted by Gasteiger charge is 2.18. The predicted octanol–water partition coefficient (Wildman–Crippen LogP) is 1.39.